The first-order chi connectivity index (χ1) is 13.2. The van der Waals surface area contributed by atoms with Crippen LogP contribution in [-0.2, 0) is 0 Å². The zero-order valence-electron chi connectivity index (χ0n) is 15.6. The van der Waals surface area contributed by atoms with E-state index in [9.17, 15) is 0 Å². The Kier molecular flexibility index (Phi) is 5.07. The molecule has 1 aliphatic rings. The van der Waals surface area contributed by atoms with Crippen LogP contribution in [0.3, 0.4) is 0 Å². The van der Waals surface area contributed by atoms with Crippen LogP contribution in [0.1, 0.15) is 31.4 Å². The molecule has 0 spiro atoms. The van der Waals surface area contributed by atoms with Crippen molar-refractivity contribution in [2.45, 2.75) is 25.8 Å². The highest BCUT2D eigenvalue weighted by molar-refractivity contribution is 5.65. The maximum Gasteiger partial charge on any atom is 0.219 e. The van der Waals surface area contributed by atoms with Crippen LogP contribution >= 0.6 is 0 Å². The van der Waals surface area contributed by atoms with Crippen molar-refractivity contribution in [2.24, 2.45) is 0 Å². The van der Waals surface area contributed by atoms with E-state index in [1.165, 1.54) is 42.6 Å². The second-order valence-electron chi connectivity index (χ2n) is 7.10. The lowest BCUT2D eigenvalue weighted by Crippen LogP contribution is -2.23. The molecule has 2 N–H and O–H groups in total. The monoisotopic (exact) mass is 359 g/mol. The predicted octanol–water partition coefficient (Wildman–Crippen LogP) is 5.28. The number of aromatic nitrogens is 1. The molecule has 1 aliphatic heterocycles. The zero-order chi connectivity index (χ0) is 18.6. The van der Waals surface area contributed by atoms with Gasteiger partial charge in [0.05, 0.1) is 11.9 Å². The summed E-state index contributed by atoms with van der Waals surface area (Å²) in [6.07, 6.45) is 4.22. The van der Waals surface area contributed by atoms with Crippen LogP contribution < -0.4 is 10.5 Å². The van der Waals surface area contributed by atoms with Crippen molar-refractivity contribution in [3.63, 3.8) is 0 Å². The minimum atomic E-state index is 0.464. The molecule has 27 heavy (non-hydrogen) atoms. The molecule has 1 aromatic heterocycles. The van der Waals surface area contributed by atoms with Gasteiger partial charge in [-0.3, -0.25) is 4.90 Å². The Morgan fingerprint density at radius 3 is 2.44 bits per heavy atom. The van der Waals surface area contributed by atoms with E-state index in [1.807, 2.05) is 12.1 Å². The fourth-order valence-corrected chi connectivity index (χ4v) is 3.61. The molecule has 1 unspecified atom stereocenters. The van der Waals surface area contributed by atoms with Gasteiger partial charge < -0.3 is 10.5 Å². The summed E-state index contributed by atoms with van der Waals surface area (Å²) in [5.41, 5.74) is 10.1. The molecule has 0 bridgehead atoms. The first kappa shape index (κ1) is 17.6. The third kappa shape index (κ3) is 4.12. The van der Waals surface area contributed by atoms with Gasteiger partial charge in [-0.05, 0) is 73.8 Å². The standard InChI is InChI=1S/C23H25N3O/c1-17(26-13-2-3-14-26)19-5-4-6-20(15-19)18-7-10-22(11-8-18)27-23-12-9-21(24)16-25-23/h4-12,15-17H,2-3,13-14,24H2,1H3. The molecule has 138 valence electrons. The second kappa shape index (κ2) is 7.80. The lowest BCUT2D eigenvalue weighted by atomic mass is 9.99. The van der Waals surface area contributed by atoms with Gasteiger partial charge in [-0.15, -0.1) is 0 Å². The third-order valence-electron chi connectivity index (χ3n) is 5.23. The van der Waals surface area contributed by atoms with Crippen LogP contribution in [0.2, 0.25) is 0 Å². The Morgan fingerprint density at radius 2 is 1.74 bits per heavy atom. The molecule has 1 saturated heterocycles. The van der Waals surface area contributed by atoms with Gasteiger partial charge in [0.15, 0.2) is 0 Å². The SMILES string of the molecule is CC(c1cccc(-c2ccc(Oc3ccc(N)cn3)cc2)c1)N1CCCC1. The number of benzene rings is 2. The van der Waals surface area contributed by atoms with Crippen LogP contribution in [0.25, 0.3) is 11.1 Å². The summed E-state index contributed by atoms with van der Waals surface area (Å²) < 4.78 is 5.78. The van der Waals surface area contributed by atoms with Crippen LogP contribution in [-0.4, -0.2) is 23.0 Å². The highest BCUT2D eigenvalue weighted by atomic mass is 16.5. The Hall–Kier alpha value is -2.85. The molecule has 1 atom stereocenters. The summed E-state index contributed by atoms with van der Waals surface area (Å²) in [5.74, 6) is 1.30. The number of likely N-dealkylation sites (tertiary alicyclic amines) is 1. The van der Waals surface area contributed by atoms with Crippen molar-refractivity contribution >= 4 is 5.69 Å². The van der Waals surface area contributed by atoms with Gasteiger partial charge >= 0.3 is 0 Å². The summed E-state index contributed by atoms with van der Waals surface area (Å²) in [5, 5.41) is 0. The molecule has 2 heterocycles. The molecular formula is C23H25N3O. The molecule has 4 nitrogen and oxygen atoms in total. The lowest BCUT2D eigenvalue weighted by Gasteiger charge is -2.24. The van der Waals surface area contributed by atoms with E-state index in [0.29, 0.717) is 17.6 Å². The molecule has 1 fully saturated rings. The van der Waals surface area contributed by atoms with Crippen molar-refractivity contribution < 1.29 is 4.74 Å². The number of hydrogen-bond donors (Lipinski definition) is 1. The van der Waals surface area contributed by atoms with Gasteiger partial charge in [0.1, 0.15) is 5.75 Å². The topological polar surface area (TPSA) is 51.4 Å². The quantitative estimate of drug-likeness (QED) is 0.673. The average Bonchev–Trinajstić information content (AvgIpc) is 3.25. The van der Waals surface area contributed by atoms with Crippen molar-refractivity contribution in [1.82, 2.24) is 9.88 Å². The Balaban J connectivity index is 1.50. The Bertz CT molecular complexity index is 884. The number of hydrogen-bond acceptors (Lipinski definition) is 4. The number of nitrogens with two attached hydrogens (primary N) is 1. The predicted molar refractivity (Wildman–Crippen MR) is 110 cm³/mol. The van der Waals surface area contributed by atoms with Crippen LogP contribution in [0.5, 0.6) is 11.6 Å². The number of ether oxygens (including phenoxy) is 1. The van der Waals surface area contributed by atoms with Crippen LogP contribution in [0.15, 0.2) is 66.9 Å². The maximum atomic E-state index is 5.78. The first-order valence-corrected chi connectivity index (χ1v) is 9.53. The molecule has 2 aromatic carbocycles. The highest BCUT2D eigenvalue weighted by Gasteiger charge is 2.19. The second-order valence-corrected chi connectivity index (χ2v) is 7.10. The van der Waals surface area contributed by atoms with E-state index in [0.717, 1.165) is 5.75 Å². The lowest BCUT2D eigenvalue weighted by molar-refractivity contribution is 0.263. The molecule has 4 heteroatoms. The van der Waals surface area contributed by atoms with Crippen molar-refractivity contribution in [1.29, 1.82) is 0 Å². The molecule has 0 amide bonds. The third-order valence-corrected chi connectivity index (χ3v) is 5.23. The normalized spacial score (nSPS) is 15.6. The van der Waals surface area contributed by atoms with Gasteiger partial charge in [-0.25, -0.2) is 4.98 Å². The number of nitrogens with zero attached hydrogens (tertiary/aromatic N) is 2. The van der Waals surface area contributed by atoms with Crippen molar-refractivity contribution in [3.8, 4) is 22.8 Å². The number of nitrogen functional groups attached to an aromatic ring is 1. The maximum absolute atomic E-state index is 5.78. The van der Waals surface area contributed by atoms with Crippen LogP contribution in [0.4, 0.5) is 5.69 Å². The van der Waals surface area contributed by atoms with Crippen molar-refractivity contribution in [3.05, 3.63) is 72.4 Å². The molecule has 0 saturated carbocycles. The minimum absolute atomic E-state index is 0.464. The number of pyridine rings is 1. The summed E-state index contributed by atoms with van der Waals surface area (Å²) >= 11 is 0. The molecule has 0 radical (unpaired) electrons. The summed E-state index contributed by atoms with van der Waals surface area (Å²) in [7, 11) is 0. The smallest absolute Gasteiger partial charge is 0.219 e. The van der Waals surface area contributed by atoms with Crippen LogP contribution in [0, 0.1) is 0 Å². The van der Waals surface area contributed by atoms with E-state index in [4.69, 9.17) is 10.5 Å². The van der Waals surface area contributed by atoms with Gasteiger partial charge in [-0.1, -0.05) is 30.3 Å². The first-order valence-electron chi connectivity index (χ1n) is 9.53. The van der Waals surface area contributed by atoms with Gasteiger partial charge in [-0.2, -0.15) is 0 Å². The van der Waals surface area contributed by atoms with E-state index in [-0.39, 0.29) is 0 Å². The summed E-state index contributed by atoms with van der Waals surface area (Å²) in [4.78, 5) is 6.74. The van der Waals surface area contributed by atoms with Gasteiger partial charge in [0, 0.05) is 12.1 Å². The molecule has 3 aromatic rings. The van der Waals surface area contributed by atoms with E-state index in [2.05, 4.69) is 53.2 Å². The van der Waals surface area contributed by atoms with Gasteiger partial charge in [0.25, 0.3) is 0 Å². The fourth-order valence-electron chi connectivity index (χ4n) is 3.61. The average molecular weight is 359 g/mol. The number of rotatable bonds is 5. The Labute approximate surface area is 160 Å². The Morgan fingerprint density at radius 1 is 0.963 bits per heavy atom. The largest absolute Gasteiger partial charge is 0.439 e. The molecule has 0 aliphatic carbocycles. The van der Waals surface area contributed by atoms with E-state index < -0.39 is 0 Å². The molecular weight excluding hydrogens is 334 g/mol. The summed E-state index contributed by atoms with van der Waals surface area (Å²) in [6.45, 7) is 4.72. The zero-order valence-corrected chi connectivity index (χ0v) is 15.6. The fraction of sp³-hybridized carbons (Fsp3) is 0.261. The van der Waals surface area contributed by atoms with E-state index >= 15 is 0 Å². The summed E-state index contributed by atoms with van der Waals surface area (Å²) in [6, 6.07) is 21.0. The van der Waals surface area contributed by atoms with Gasteiger partial charge in [0.2, 0.25) is 5.88 Å². The van der Waals surface area contributed by atoms with E-state index in [1.54, 1.807) is 18.3 Å². The number of anilines is 1. The molecule has 4 rings (SSSR count). The highest BCUT2D eigenvalue weighted by Crippen LogP contribution is 2.30. The minimum Gasteiger partial charge on any atom is -0.439 e. The van der Waals surface area contributed by atoms with Crippen molar-refractivity contribution in [2.75, 3.05) is 18.8 Å².